The normalized spacial score (nSPS) is 15.8. The van der Waals surface area contributed by atoms with E-state index in [2.05, 4.69) is 5.32 Å². The lowest BCUT2D eigenvalue weighted by Gasteiger charge is -2.37. The van der Waals surface area contributed by atoms with E-state index in [1.54, 1.807) is 24.3 Å². The van der Waals surface area contributed by atoms with Crippen molar-refractivity contribution in [2.45, 2.75) is 37.8 Å². The predicted octanol–water partition coefficient (Wildman–Crippen LogP) is 4.89. The van der Waals surface area contributed by atoms with Crippen LogP contribution in [0.5, 0.6) is 5.75 Å². The molecule has 0 bridgehead atoms. The average Bonchev–Trinajstić information content (AvgIpc) is 2.88. The van der Waals surface area contributed by atoms with Crippen LogP contribution >= 0.6 is 0 Å². The maximum absolute atomic E-state index is 13.6. The summed E-state index contributed by atoms with van der Waals surface area (Å²) >= 11 is 0. The van der Waals surface area contributed by atoms with Crippen molar-refractivity contribution >= 4 is 11.9 Å². The van der Waals surface area contributed by atoms with E-state index < -0.39 is 11.4 Å². The van der Waals surface area contributed by atoms with Gasteiger partial charge in [-0.25, -0.2) is 4.79 Å². The number of nitrogens with one attached hydrogen (secondary N) is 1. The molecule has 0 aromatic heterocycles. The van der Waals surface area contributed by atoms with Crippen molar-refractivity contribution in [1.82, 2.24) is 5.32 Å². The van der Waals surface area contributed by atoms with Crippen LogP contribution in [-0.2, 0) is 21.6 Å². The number of hydrogen-bond acceptors (Lipinski definition) is 4. The van der Waals surface area contributed by atoms with Gasteiger partial charge in [0.2, 0.25) is 5.91 Å². The third-order valence-corrected chi connectivity index (χ3v) is 6.44. The zero-order valence-corrected chi connectivity index (χ0v) is 19.2. The van der Waals surface area contributed by atoms with Crippen LogP contribution in [0.2, 0.25) is 0 Å². The molecule has 1 aliphatic heterocycles. The minimum atomic E-state index is -0.972. The van der Waals surface area contributed by atoms with E-state index in [1.165, 1.54) is 0 Å². The lowest BCUT2D eigenvalue weighted by Crippen LogP contribution is -2.48. The van der Waals surface area contributed by atoms with Crippen LogP contribution in [0, 0.1) is 0 Å². The third-order valence-electron chi connectivity index (χ3n) is 6.44. The Kier molecular flexibility index (Phi) is 7.28. The molecule has 0 spiro atoms. The standard InChI is InChI=1S/C28H29NO5/c1-20(22-7-9-23(10-8-22)26(30)31)29-27(32)28(15-17-33-18-16-28)24-11-13-25(14-12-24)34-19-21-5-3-2-4-6-21/h2-14,20H,15-19H2,1H3,(H,29,32)(H,30,31). The zero-order chi connectivity index (χ0) is 24.0. The van der Waals surface area contributed by atoms with Crippen molar-refractivity contribution < 1.29 is 24.2 Å². The van der Waals surface area contributed by atoms with Crippen LogP contribution in [0.25, 0.3) is 0 Å². The second kappa shape index (κ2) is 10.5. The Morgan fingerprint density at radius 2 is 1.62 bits per heavy atom. The van der Waals surface area contributed by atoms with Gasteiger partial charge in [-0.15, -0.1) is 0 Å². The van der Waals surface area contributed by atoms with Gasteiger partial charge in [-0.2, -0.15) is 0 Å². The van der Waals surface area contributed by atoms with E-state index in [-0.39, 0.29) is 17.5 Å². The fourth-order valence-corrected chi connectivity index (χ4v) is 4.31. The summed E-state index contributed by atoms with van der Waals surface area (Å²) in [5.41, 5.74) is 2.42. The van der Waals surface area contributed by atoms with E-state index in [9.17, 15) is 9.59 Å². The summed E-state index contributed by atoms with van der Waals surface area (Å²) in [5.74, 6) is -0.272. The summed E-state index contributed by atoms with van der Waals surface area (Å²) in [6.45, 7) is 3.42. The molecule has 1 aliphatic rings. The molecule has 34 heavy (non-hydrogen) atoms. The van der Waals surface area contributed by atoms with Gasteiger partial charge in [-0.1, -0.05) is 54.6 Å². The molecular formula is C28H29NO5. The van der Waals surface area contributed by atoms with Gasteiger partial charge in [0, 0.05) is 13.2 Å². The van der Waals surface area contributed by atoms with Gasteiger partial charge in [0.15, 0.2) is 0 Å². The highest BCUT2D eigenvalue weighted by Crippen LogP contribution is 2.37. The molecule has 6 heteroatoms. The summed E-state index contributed by atoms with van der Waals surface area (Å²) in [7, 11) is 0. The van der Waals surface area contributed by atoms with Crippen molar-refractivity contribution in [3.05, 3.63) is 101 Å². The second-order valence-electron chi connectivity index (χ2n) is 8.62. The molecular weight excluding hydrogens is 430 g/mol. The first-order valence-electron chi connectivity index (χ1n) is 11.5. The van der Waals surface area contributed by atoms with Crippen LogP contribution in [0.1, 0.15) is 52.9 Å². The third kappa shape index (κ3) is 5.29. The first-order valence-corrected chi connectivity index (χ1v) is 11.5. The highest BCUT2D eigenvalue weighted by molar-refractivity contribution is 5.89. The summed E-state index contributed by atoms with van der Waals surface area (Å²) < 4.78 is 11.5. The summed E-state index contributed by atoms with van der Waals surface area (Å²) in [5, 5.41) is 12.3. The minimum Gasteiger partial charge on any atom is -0.489 e. The number of ether oxygens (including phenoxy) is 2. The summed E-state index contributed by atoms with van der Waals surface area (Å²) in [6, 6.07) is 24.1. The Hall–Kier alpha value is -3.64. The van der Waals surface area contributed by atoms with Gasteiger partial charge in [0.25, 0.3) is 0 Å². The molecule has 0 saturated carbocycles. The Morgan fingerprint density at radius 1 is 0.971 bits per heavy atom. The van der Waals surface area contributed by atoms with Gasteiger partial charge < -0.3 is 19.9 Å². The maximum Gasteiger partial charge on any atom is 0.335 e. The number of carboxylic acid groups (broad SMARTS) is 1. The van der Waals surface area contributed by atoms with E-state index in [0.717, 1.165) is 22.4 Å². The van der Waals surface area contributed by atoms with Gasteiger partial charge in [0.05, 0.1) is 17.0 Å². The zero-order valence-electron chi connectivity index (χ0n) is 19.2. The fourth-order valence-electron chi connectivity index (χ4n) is 4.31. The number of carbonyl (C=O) groups is 2. The van der Waals surface area contributed by atoms with Crippen LogP contribution in [0.15, 0.2) is 78.9 Å². The molecule has 0 radical (unpaired) electrons. The van der Waals surface area contributed by atoms with Gasteiger partial charge in [0.1, 0.15) is 12.4 Å². The first kappa shape index (κ1) is 23.5. The molecule has 3 aromatic carbocycles. The van der Waals surface area contributed by atoms with Crippen molar-refractivity contribution in [2.75, 3.05) is 13.2 Å². The lowest BCUT2D eigenvalue weighted by molar-refractivity contribution is -0.131. The van der Waals surface area contributed by atoms with Gasteiger partial charge in [-0.05, 0) is 60.7 Å². The molecule has 176 valence electrons. The number of benzene rings is 3. The molecule has 1 heterocycles. The lowest BCUT2D eigenvalue weighted by atomic mass is 9.73. The predicted molar refractivity (Wildman–Crippen MR) is 129 cm³/mol. The second-order valence-corrected chi connectivity index (χ2v) is 8.62. The molecule has 1 saturated heterocycles. The number of aromatic carboxylic acids is 1. The summed E-state index contributed by atoms with van der Waals surface area (Å²) in [4.78, 5) is 24.7. The SMILES string of the molecule is CC(NC(=O)C1(c2ccc(OCc3ccccc3)cc2)CCOCC1)c1ccc(C(=O)O)cc1. The van der Waals surface area contributed by atoms with Crippen molar-refractivity contribution in [3.8, 4) is 5.75 Å². The van der Waals surface area contributed by atoms with Crippen LogP contribution in [0.3, 0.4) is 0 Å². The average molecular weight is 460 g/mol. The van der Waals surface area contributed by atoms with E-state index in [1.807, 2.05) is 61.5 Å². The highest BCUT2D eigenvalue weighted by Gasteiger charge is 2.42. The molecule has 4 rings (SSSR count). The van der Waals surface area contributed by atoms with Gasteiger partial charge >= 0.3 is 5.97 Å². The Bertz CT molecular complexity index is 1100. The Labute approximate surface area is 199 Å². The largest absolute Gasteiger partial charge is 0.489 e. The summed E-state index contributed by atoms with van der Waals surface area (Å²) in [6.07, 6.45) is 1.18. The number of rotatable bonds is 8. The van der Waals surface area contributed by atoms with Crippen molar-refractivity contribution in [1.29, 1.82) is 0 Å². The quantitative estimate of drug-likeness (QED) is 0.501. The Morgan fingerprint density at radius 3 is 2.24 bits per heavy atom. The molecule has 1 fully saturated rings. The van der Waals surface area contributed by atoms with E-state index in [0.29, 0.717) is 32.7 Å². The van der Waals surface area contributed by atoms with Crippen LogP contribution < -0.4 is 10.1 Å². The fraction of sp³-hybridized carbons (Fsp3) is 0.286. The Balaban J connectivity index is 1.48. The monoisotopic (exact) mass is 459 g/mol. The smallest absolute Gasteiger partial charge is 0.335 e. The number of carboxylic acids is 1. The molecule has 0 aliphatic carbocycles. The minimum absolute atomic E-state index is 0.0523. The van der Waals surface area contributed by atoms with Crippen LogP contribution in [-0.4, -0.2) is 30.2 Å². The first-order chi connectivity index (χ1) is 16.5. The van der Waals surface area contributed by atoms with E-state index in [4.69, 9.17) is 14.6 Å². The highest BCUT2D eigenvalue weighted by atomic mass is 16.5. The molecule has 1 atom stereocenters. The van der Waals surface area contributed by atoms with Gasteiger partial charge in [-0.3, -0.25) is 4.79 Å². The maximum atomic E-state index is 13.6. The van der Waals surface area contributed by atoms with Crippen molar-refractivity contribution in [2.24, 2.45) is 0 Å². The number of carbonyl (C=O) groups excluding carboxylic acids is 1. The topological polar surface area (TPSA) is 84.9 Å². The molecule has 1 amide bonds. The van der Waals surface area contributed by atoms with E-state index >= 15 is 0 Å². The molecule has 6 nitrogen and oxygen atoms in total. The van der Waals surface area contributed by atoms with Crippen LogP contribution in [0.4, 0.5) is 0 Å². The molecule has 1 unspecified atom stereocenters. The molecule has 3 aromatic rings. The van der Waals surface area contributed by atoms with Crippen molar-refractivity contribution in [3.63, 3.8) is 0 Å². The number of amides is 1. The number of hydrogen-bond donors (Lipinski definition) is 2. The molecule has 2 N–H and O–H groups in total.